The first kappa shape index (κ1) is 16.9. The van der Waals surface area contributed by atoms with Crippen molar-refractivity contribution in [3.8, 4) is 5.75 Å². The number of aromatic nitrogens is 1. The zero-order valence-electron chi connectivity index (χ0n) is 13.9. The number of nitrogens with two attached hydrogens (primary N) is 1. The predicted molar refractivity (Wildman–Crippen MR) is 95.4 cm³/mol. The molecule has 1 atom stereocenters. The topological polar surface area (TPSA) is 68.5 Å². The third-order valence-corrected chi connectivity index (χ3v) is 5.12. The Balaban J connectivity index is 1.68. The number of ether oxygens (including phenoxy) is 1. The highest BCUT2D eigenvalue weighted by atomic mass is 32.1. The Hall–Kier alpha value is -1.92. The molecule has 1 amide bonds. The molecule has 1 aromatic heterocycles. The van der Waals surface area contributed by atoms with E-state index < -0.39 is 0 Å². The van der Waals surface area contributed by atoms with Crippen molar-refractivity contribution >= 4 is 17.2 Å². The van der Waals surface area contributed by atoms with Crippen molar-refractivity contribution in [3.63, 3.8) is 0 Å². The molecule has 5 nitrogen and oxygen atoms in total. The third-order valence-electron chi connectivity index (χ3n) is 4.29. The summed E-state index contributed by atoms with van der Waals surface area (Å²) in [5.74, 6) is 0.730. The Morgan fingerprint density at radius 3 is 3.08 bits per heavy atom. The van der Waals surface area contributed by atoms with E-state index in [9.17, 15) is 4.79 Å². The van der Waals surface area contributed by atoms with Gasteiger partial charge in [0, 0.05) is 30.1 Å². The van der Waals surface area contributed by atoms with E-state index in [0.717, 1.165) is 36.5 Å². The Morgan fingerprint density at radius 2 is 2.33 bits per heavy atom. The fourth-order valence-corrected chi connectivity index (χ4v) is 3.63. The average molecular weight is 345 g/mol. The number of aryl methyl sites for hydroxylation is 1. The molecule has 0 aliphatic carbocycles. The number of rotatable bonds is 5. The van der Waals surface area contributed by atoms with E-state index in [2.05, 4.69) is 4.98 Å². The summed E-state index contributed by atoms with van der Waals surface area (Å²) in [7, 11) is 0. The van der Waals surface area contributed by atoms with E-state index in [1.54, 1.807) is 11.3 Å². The van der Waals surface area contributed by atoms with Crippen LogP contribution in [0.5, 0.6) is 5.75 Å². The summed E-state index contributed by atoms with van der Waals surface area (Å²) in [6.07, 6.45) is 3.17. The Kier molecular flexibility index (Phi) is 5.48. The normalized spacial score (nSPS) is 17.8. The van der Waals surface area contributed by atoms with Gasteiger partial charge in [-0.25, -0.2) is 4.98 Å². The van der Waals surface area contributed by atoms with Crippen LogP contribution in [-0.2, 0) is 6.61 Å². The molecule has 1 fully saturated rings. The summed E-state index contributed by atoms with van der Waals surface area (Å²) in [6, 6.07) is 7.52. The molecule has 1 aliphatic heterocycles. The van der Waals surface area contributed by atoms with Crippen LogP contribution < -0.4 is 10.5 Å². The molecule has 2 aromatic rings. The molecule has 2 N–H and O–H groups in total. The van der Waals surface area contributed by atoms with Crippen molar-refractivity contribution in [2.75, 3.05) is 13.1 Å². The first-order chi connectivity index (χ1) is 11.7. The van der Waals surface area contributed by atoms with Gasteiger partial charge in [0.2, 0.25) is 0 Å². The second-order valence-corrected chi connectivity index (χ2v) is 7.12. The maximum absolute atomic E-state index is 12.8. The van der Waals surface area contributed by atoms with Crippen LogP contribution in [-0.4, -0.2) is 34.9 Å². The van der Waals surface area contributed by atoms with Crippen molar-refractivity contribution in [1.29, 1.82) is 0 Å². The van der Waals surface area contributed by atoms with Gasteiger partial charge < -0.3 is 15.4 Å². The van der Waals surface area contributed by atoms with Gasteiger partial charge in [0.15, 0.2) is 0 Å². The van der Waals surface area contributed by atoms with Crippen LogP contribution in [0.2, 0.25) is 0 Å². The maximum atomic E-state index is 12.8. The molecule has 24 heavy (non-hydrogen) atoms. The second kappa shape index (κ2) is 7.77. The highest BCUT2D eigenvalue weighted by molar-refractivity contribution is 7.09. The fourth-order valence-electron chi connectivity index (χ4n) is 3.03. The molecule has 1 aliphatic rings. The average Bonchev–Trinajstić information content (AvgIpc) is 3.05. The van der Waals surface area contributed by atoms with Crippen molar-refractivity contribution < 1.29 is 9.53 Å². The van der Waals surface area contributed by atoms with E-state index in [0.29, 0.717) is 24.5 Å². The summed E-state index contributed by atoms with van der Waals surface area (Å²) in [4.78, 5) is 19.1. The lowest BCUT2D eigenvalue weighted by atomic mass is 10.0. The highest BCUT2D eigenvalue weighted by Gasteiger charge is 2.26. The van der Waals surface area contributed by atoms with Crippen molar-refractivity contribution in [2.24, 2.45) is 5.73 Å². The van der Waals surface area contributed by atoms with E-state index in [1.807, 2.05) is 41.5 Å². The van der Waals surface area contributed by atoms with Crippen LogP contribution in [0.4, 0.5) is 0 Å². The molecule has 2 heterocycles. The first-order valence-electron chi connectivity index (χ1n) is 8.32. The highest BCUT2D eigenvalue weighted by Crippen LogP contribution is 2.22. The number of hydrogen-bond acceptors (Lipinski definition) is 5. The molecule has 128 valence electrons. The van der Waals surface area contributed by atoms with Crippen LogP contribution in [0, 0.1) is 6.92 Å². The fraction of sp³-hybridized carbons (Fsp3) is 0.444. The third kappa shape index (κ3) is 3.94. The zero-order valence-corrected chi connectivity index (χ0v) is 14.7. The van der Waals surface area contributed by atoms with Gasteiger partial charge in [-0.3, -0.25) is 4.79 Å². The quantitative estimate of drug-likeness (QED) is 0.904. The molecular formula is C18H23N3O2S. The first-order valence-corrected chi connectivity index (χ1v) is 9.20. The molecule has 6 heteroatoms. The molecule has 3 rings (SSSR count). The van der Waals surface area contributed by atoms with E-state index in [4.69, 9.17) is 10.5 Å². The number of nitrogens with zero attached hydrogens (tertiary/aromatic N) is 2. The van der Waals surface area contributed by atoms with Gasteiger partial charge in [-0.05, 0) is 44.4 Å². The Labute approximate surface area is 146 Å². The summed E-state index contributed by atoms with van der Waals surface area (Å²) in [5.41, 5.74) is 7.39. The Bertz CT molecular complexity index is 701. The van der Waals surface area contributed by atoms with Gasteiger partial charge >= 0.3 is 0 Å². The lowest BCUT2D eigenvalue weighted by Gasteiger charge is -2.35. The van der Waals surface area contributed by atoms with Gasteiger partial charge in [0.25, 0.3) is 5.91 Å². The van der Waals surface area contributed by atoms with E-state index in [-0.39, 0.29) is 11.9 Å². The molecule has 0 radical (unpaired) electrons. The lowest BCUT2D eigenvalue weighted by molar-refractivity contribution is 0.0623. The lowest BCUT2D eigenvalue weighted by Crippen LogP contribution is -2.47. The van der Waals surface area contributed by atoms with Crippen molar-refractivity contribution in [3.05, 3.63) is 45.9 Å². The molecule has 1 aromatic carbocycles. The minimum Gasteiger partial charge on any atom is -0.487 e. The van der Waals surface area contributed by atoms with E-state index >= 15 is 0 Å². The van der Waals surface area contributed by atoms with Crippen LogP contribution in [0.15, 0.2) is 29.6 Å². The van der Waals surface area contributed by atoms with Gasteiger partial charge in [-0.2, -0.15) is 0 Å². The SMILES string of the molecule is Cc1nc(COc2cccc(C(=O)N3CCCCC3CN)c2)cs1. The molecule has 0 bridgehead atoms. The van der Waals surface area contributed by atoms with Crippen LogP contribution >= 0.6 is 11.3 Å². The zero-order chi connectivity index (χ0) is 16.9. The number of thiazole rings is 1. The summed E-state index contributed by atoms with van der Waals surface area (Å²) < 4.78 is 5.79. The molecule has 1 saturated heterocycles. The summed E-state index contributed by atoms with van der Waals surface area (Å²) in [5, 5.41) is 3.01. The second-order valence-electron chi connectivity index (χ2n) is 6.06. The molecule has 0 saturated carbocycles. The number of hydrogen-bond donors (Lipinski definition) is 1. The number of carbonyl (C=O) groups excluding carboxylic acids is 1. The number of benzene rings is 1. The molecule has 0 spiro atoms. The number of likely N-dealkylation sites (tertiary alicyclic amines) is 1. The predicted octanol–water partition coefficient (Wildman–Crippen LogP) is 2.98. The van der Waals surface area contributed by atoms with Gasteiger partial charge in [0.05, 0.1) is 10.7 Å². The summed E-state index contributed by atoms with van der Waals surface area (Å²) in [6.45, 7) is 3.69. The van der Waals surface area contributed by atoms with Gasteiger partial charge in [-0.1, -0.05) is 6.07 Å². The minimum absolute atomic E-state index is 0.0418. The van der Waals surface area contributed by atoms with Crippen LogP contribution in [0.3, 0.4) is 0 Å². The van der Waals surface area contributed by atoms with Gasteiger partial charge in [0.1, 0.15) is 12.4 Å². The number of piperidine rings is 1. The standard InChI is InChI=1S/C18H23N3O2S/c1-13-20-15(12-24-13)11-23-17-7-4-5-14(9-17)18(22)21-8-3-2-6-16(21)10-19/h4-5,7,9,12,16H,2-3,6,8,10-11,19H2,1H3. The smallest absolute Gasteiger partial charge is 0.254 e. The minimum atomic E-state index is 0.0418. The van der Waals surface area contributed by atoms with Crippen molar-refractivity contribution in [2.45, 2.75) is 38.8 Å². The maximum Gasteiger partial charge on any atom is 0.254 e. The monoisotopic (exact) mass is 345 g/mol. The summed E-state index contributed by atoms with van der Waals surface area (Å²) >= 11 is 1.61. The molecule has 1 unspecified atom stereocenters. The largest absolute Gasteiger partial charge is 0.487 e. The number of amides is 1. The van der Waals surface area contributed by atoms with E-state index in [1.165, 1.54) is 0 Å². The van der Waals surface area contributed by atoms with Gasteiger partial charge in [-0.15, -0.1) is 11.3 Å². The Morgan fingerprint density at radius 1 is 1.46 bits per heavy atom. The molecular weight excluding hydrogens is 322 g/mol. The van der Waals surface area contributed by atoms with Crippen molar-refractivity contribution in [1.82, 2.24) is 9.88 Å². The van der Waals surface area contributed by atoms with Crippen LogP contribution in [0.1, 0.15) is 40.3 Å². The van der Waals surface area contributed by atoms with Crippen LogP contribution in [0.25, 0.3) is 0 Å². The number of carbonyl (C=O) groups is 1.